The van der Waals surface area contributed by atoms with E-state index in [9.17, 15) is 4.79 Å². The maximum absolute atomic E-state index is 11.8. The third-order valence-electron chi connectivity index (χ3n) is 3.38. The zero-order chi connectivity index (χ0) is 17.8. The molecule has 128 valence electrons. The van der Waals surface area contributed by atoms with E-state index < -0.39 is 5.97 Å². The van der Waals surface area contributed by atoms with E-state index in [2.05, 4.69) is 26.1 Å². The van der Waals surface area contributed by atoms with Gasteiger partial charge in [-0.3, -0.25) is 0 Å². The van der Waals surface area contributed by atoms with Crippen molar-refractivity contribution in [3.05, 3.63) is 63.9 Å². The van der Waals surface area contributed by atoms with Crippen molar-refractivity contribution in [1.82, 2.24) is 10.2 Å². The number of aromatic nitrogens is 2. The molecule has 0 saturated carbocycles. The normalized spacial score (nSPS) is 11.2. The van der Waals surface area contributed by atoms with Crippen LogP contribution >= 0.6 is 15.9 Å². The number of hydrogen-bond donors (Lipinski definition) is 0. The van der Waals surface area contributed by atoms with Crippen LogP contribution in [0, 0.1) is 13.8 Å². The van der Waals surface area contributed by atoms with Gasteiger partial charge in [0, 0.05) is 10.5 Å². The van der Waals surface area contributed by atoms with Crippen molar-refractivity contribution in [3.63, 3.8) is 0 Å². The first-order valence-corrected chi connectivity index (χ1v) is 8.31. The van der Waals surface area contributed by atoms with E-state index in [1.807, 2.05) is 44.2 Å². The van der Waals surface area contributed by atoms with E-state index in [1.165, 1.54) is 6.08 Å². The molecule has 1 aromatic carbocycles. The number of nitrogens with zero attached hydrogens (tertiary/aromatic N) is 2. The van der Waals surface area contributed by atoms with E-state index in [0.29, 0.717) is 11.7 Å². The number of ether oxygens (including phenoxy) is 1. The van der Waals surface area contributed by atoms with Crippen LogP contribution in [0.3, 0.4) is 0 Å². The van der Waals surface area contributed by atoms with Gasteiger partial charge < -0.3 is 13.6 Å². The molecule has 0 bridgehead atoms. The van der Waals surface area contributed by atoms with Gasteiger partial charge in [-0.25, -0.2) is 4.79 Å². The van der Waals surface area contributed by atoms with Crippen molar-refractivity contribution in [2.45, 2.75) is 20.5 Å². The standard InChI is InChI=1S/C18H15BrN2O4/c1-11-9-14(12(2)24-11)18-21-20-16(25-18)10-23-17(22)8-7-13-5-3-4-6-15(13)19/h3-9H,10H2,1-2H3/b8-7+. The lowest BCUT2D eigenvalue weighted by Crippen LogP contribution is -2.00. The summed E-state index contributed by atoms with van der Waals surface area (Å²) in [5.41, 5.74) is 1.61. The minimum absolute atomic E-state index is 0.0952. The molecule has 0 unspecified atom stereocenters. The monoisotopic (exact) mass is 402 g/mol. The number of aryl methyl sites for hydroxylation is 2. The molecule has 6 nitrogen and oxygen atoms in total. The first-order valence-electron chi connectivity index (χ1n) is 7.52. The SMILES string of the molecule is Cc1cc(-c2nnc(COC(=O)/C=C/c3ccccc3Br)o2)c(C)o1. The van der Waals surface area contributed by atoms with Crippen molar-refractivity contribution < 1.29 is 18.4 Å². The molecule has 2 heterocycles. The van der Waals surface area contributed by atoms with Gasteiger partial charge in [-0.2, -0.15) is 0 Å². The second-order valence-electron chi connectivity index (χ2n) is 5.29. The Kier molecular flexibility index (Phi) is 5.14. The summed E-state index contributed by atoms with van der Waals surface area (Å²) in [6.45, 7) is 3.56. The molecule has 0 amide bonds. The molecule has 0 saturated heterocycles. The topological polar surface area (TPSA) is 78.4 Å². The Morgan fingerprint density at radius 1 is 1.24 bits per heavy atom. The number of esters is 1. The molecule has 0 aliphatic rings. The largest absolute Gasteiger partial charge is 0.466 e. The molecule has 3 aromatic rings. The molecule has 0 aliphatic heterocycles. The number of halogens is 1. The maximum atomic E-state index is 11.8. The molecular weight excluding hydrogens is 388 g/mol. The van der Waals surface area contributed by atoms with Gasteiger partial charge in [-0.1, -0.05) is 34.1 Å². The quantitative estimate of drug-likeness (QED) is 0.462. The second kappa shape index (κ2) is 7.48. The smallest absolute Gasteiger partial charge is 0.331 e. The van der Waals surface area contributed by atoms with Gasteiger partial charge in [0.2, 0.25) is 0 Å². The Bertz CT molecular complexity index is 927. The van der Waals surface area contributed by atoms with E-state index >= 15 is 0 Å². The number of carbonyl (C=O) groups is 1. The number of carbonyl (C=O) groups excluding carboxylic acids is 1. The summed E-state index contributed by atoms with van der Waals surface area (Å²) in [6.07, 6.45) is 3.02. The van der Waals surface area contributed by atoms with Crippen LogP contribution < -0.4 is 0 Å². The minimum atomic E-state index is -0.495. The van der Waals surface area contributed by atoms with Crippen LogP contribution in [0.15, 0.2) is 49.7 Å². The highest BCUT2D eigenvalue weighted by Crippen LogP contribution is 2.25. The van der Waals surface area contributed by atoms with E-state index in [1.54, 1.807) is 6.08 Å². The van der Waals surface area contributed by atoms with Gasteiger partial charge in [-0.15, -0.1) is 10.2 Å². The minimum Gasteiger partial charge on any atom is -0.466 e. The van der Waals surface area contributed by atoms with Crippen LogP contribution in [0.25, 0.3) is 17.5 Å². The van der Waals surface area contributed by atoms with Crippen molar-refractivity contribution in [1.29, 1.82) is 0 Å². The third-order valence-corrected chi connectivity index (χ3v) is 4.10. The van der Waals surface area contributed by atoms with Crippen LogP contribution in [-0.2, 0) is 16.1 Å². The van der Waals surface area contributed by atoms with Crippen LogP contribution in [0.1, 0.15) is 23.0 Å². The van der Waals surface area contributed by atoms with Gasteiger partial charge in [0.05, 0.1) is 5.56 Å². The highest BCUT2D eigenvalue weighted by molar-refractivity contribution is 9.10. The Labute approximate surface area is 152 Å². The van der Waals surface area contributed by atoms with Crippen molar-refractivity contribution in [2.75, 3.05) is 0 Å². The maximum Gasteiger partial charge on any atom is 0.331 e. The van der Waals surface area contributed by atoms with Crippen LogP contribution in [0.2, 0.25) is 0 Å². The summed E-state index contributed by atoms with van der Waals surface area (Å²) in [5.74, 6) is 1.52. The first-order chi connectivity index (χ1) is 12.0. The molecule has 0 N–H and O–H groups in total. The van der Waals surface area contributed by atoms with Crippen LogP contribution in [-0.4, -0.2) is 16.2 Å². The van der Waals surface area contributed by atoms with E-state index in [0.717, 1.165) is 21.4 Å². The molecular formula is C18H15BrN2O4. The zero-order valence-corrected chi connectivity index (χ0v) is 15.2. The lowest BCUT2D eigenvalue weighted by molar-refractivity contribution is -0.139. The van der Waals surface area contributed by atoms with Gasteiger partial charge in [-0.05, 0) is 37.6 Å². The van der Waals surface area contributed by atoms with E-state index in [-0.39, 0.29) is 12.5 Å². The fraction of sp³-hybridized carbons (Fsp3) is 0.167. The number of rotatable bonds is 5. The van der Waals surface area contributed by atoms with Crippen LogP contribution in [0.5, 0.6) is 0 Å². The van der Waals surface area contributed by atoms with Gasteiger partial charge in [0.1, 0.15) is 11.5 Å². The first kappa shape index (κ1) is 17.2. The highest BCUT2D eigenvalue weighted by Gasteiger charge is 2.15. The Morgan fingerprint density at radius 2 is 2.04 bits per heavy atom. The molecule has 3 rings (SSSR count). The molecule has 2 aromatic heterocycles. The van der Waals surface area contributed by atoms with Gasteiger partial charge >= 0.3 is 5.97 Å². The van der Waals surface area contributed by atoms with Crippen molar-refractivity contribution in [3.8, 4) is 11.5 Å². The lowest BCUT2D eigenvalue weighted by Gasteiger charge is -1.98. The van der Waals surface area contributed by atoms with Crippen molar-refractivity contribution >= 4 is 28.0 Å². The fourth-order valence-corrected chi connectivity index (χ4v) is 2.63. The number of furan rings is 1. The highest BCUT2D eigenvalue weighted by atomic mass is 79.9. The molecule has 7 heteroatoms. The molecule has 0 radical (unpaired) electrons. The molecule has 0 fully saturated rings. The average molecular weight is 403 g/mol. The Balaban J connectivity index is 1.60. The summed E-state index contributed by atoms with van der Waals surface area (Å²) in [6, 6.07) is 9.38. The molecule has 25 heavy (non-hydrogen) atoms. The summed E-state index contributed by atoms with van der Waals surface area (Å²) < 4.78 is 16.9. The summed E-state index contributed by atoms with van der Waals surface area (Å²) >= 11 is 3.41. The molecule has 0 aliphatic carbocycles. The molecule has 0 atom stereocenters. The Morgan fingerprint density at radius 3 is 2.76 bits per heavy atom. The van der Waals surface area contributed by atoms with Gasteiger partial charge in [0.15, 0.2) is 6.61 Å². The third kappa shape index (κ3) is 4.24. The van der Waals surface area contributed by atoms with Crippen LogP contribution in [0.4, 0.5) is 0 Å². The van der Waals surface area contributed by atoms with E-state index in [4.69, 9.17) is 13.6 Å². The lowest BCUT2D eigenvalue weighted by atomic mass is 10.2. The van der Waals surface area contributed by atoms with Crippen molar-refractivity contribution in [2.24, 2.45) is 0 Å². The molecule has 0 spiro atoms. The Hall–Kier alpha value is -2.67. The zero-order valence-electron chi connectivity index (χ0n) is 13.7. The second-order valence-corrected chi connectivity index (χ2v) is 6.14. The number of hydrogen-bond acceptors (Lipinski definition) is 6. The average Bonchev–Trinajstić information content (AvgIpc) is 3.18. The summed E-state index contributed by atoms with van der Waals surface area (Å²) in [7, 11) is 0. The predicted molar refractivity (Wildman–Crippen MR) is 94.4 cm³/mol. The summed E-state index contributed by atoms with van der Waals surface area (Å²) in [4.78, 5) is 11.8. The fourth-order valence-electron chi connectivity index (χ4n) is 2.21. The van der Waals surface area contributed by atoms with Gasteiger partial charge in [0.25, 0.3) is 11.8 Å². The number of benzene rings is 1. The predicted octanol–water partition coefficient (Wildman–Crippen LogP) is 4.47. The summed E-state index contributed by atoms with van der Waals surface area (Å²) in [5, 5.41) is 7.83.